The Hall–Kier alpha value is -0.800. The molecule has 5 N–H and O–H groups in total. The number of carbonyl (C=O) groups is 2. The van der Waals surface area contributed by atoms with E-state index in [0.717, 1.165) is 36.1 Å². The second-order valence-electron chi connectivity index (χ2n) is 7.02. The molecule has 0 aliphatic heterocycles. The molecule has 0 saturated carbocycles. The topological polar surface area (TPSA) is 96.2 Å². The van der Waals surface area contributed by atoms with Gasteiger partial charge in [-0.15, -0.1) is 11.3 Å². The Balaban J connectivity index is 2.13. The molecule has 1 atom stereocenters. The number of thiophene rings is 1. The van der Waals surface area contributed by atoms with Crippen LogP contribution in [0.25, 0.3) is 0 Å². The molecule has 1 unspecified atom stereocenters. The van der Waals surface area contributed by atoms with E-state index in [1.807, 2.05) is 13.8 Å². The molecule has 0 aromatic carbocycles. The second kappa shape index (κ2) is 9.80. The van der Waals surface area contributed by atoms with Crippen molar-refractivity contribution in [1.82, 2.24) is 10.6 Å². The van der Waals surface area contributed by atoms with Gasteiger partial charge in [-0.1, -0.05) is 48.7 Å². The molecule has 0 spiro atoms. The van der Waals surface area contributed by atoms with Gasteiger partial charge in [-0.05, 0) is 49.4 Å². The maximum Gasteiger partial charge on any atom is 0.251 e. The average Bonchev–Trinajstić information content (AvgIpc) is 2.90. The normalized spacial score (nSPS) is 14.9. The van der Waals surface area contributed by atoms with E-state index < -0.39 is 15.9 Å². The van der Waals surface area contributed by atoms with Crippen LogP contribution in [-0.2, 0) is 17.6 Å². The quantitative estimate of drug-likeness (QED) is 0.279. The van der Waals surface area contributed by atoms with Gasteiger partial charge in [0, 0.05) is 11.3 Å². The lowest BCUT2D eigenvalue weighted by Crippen LogP contribution is -2.56. The molecule has 1 aliphatic rings. The Kier molecular flexibility index (Phi) is 8.22. The lowest BCUT2D eigenvalue weighted by atomic mass is 9.95. The van der Waals surface area contributed by atoms with Gasteiger partial charge in [0.25, 0.3) is 5.91 Å². The van der Waals surface area contributed by atoms with E-state index in [-0.39, 0.29) is 23.4 Å². The van der Waals surface area contributed by atoms with E-state index in [1.165, 1.54) is 11.3 Å². The molecule has 0 saturated heterocycles. The molecule has 0 radical (unpaired) electrons. The first kappa shape index (κ1) is 23.5. The summed E-state index contributed by atoms with van der Waals surface area (Å²) in [6, 6.07) is 0. The van der Waals surface area contributed by atoms with Gasteiger partial charge in [0.1, 0.15) is 11.2 Å². The van der Waals surface area contributed by atoms with E-state index in [0.29, 0.717) is 10.6 Å². The Morgan fingerprint density at radius 1 is 1.21 bits per heavy atom. The molecule has 156 valence electrons. The highest BCUT2D eigenvalue weighted by molar-refractivity contribution is 7.80. The van der Waals surface area contributed by atoms with Crippen LogP contribution >= 0.6 is 58.4 Å². The van der Waals surface area contributed by atoms with Crippen LogP contribution in [0.1, 0.15) is 53.9 Å². The van der Waals surface area contributed by atoms with Gasteiger partial charge in [0.2, 0.25) is 9.70 Å². The number of fused-ring (bicyclic) bond motifs is 1. The van der Waals surface area contributed by atoms with Crippen LogP contribution in [0, 0.1) is 5.92 Å². The first-order valence-corrected chi connectivity index (χ1v) is 11.2. The predicted molar refractivity (Wildman–Crippen MR) is 121 cm³/mol. The minimum absolute atomic E-state index is 0.113. The minimum Gasteiger partial charge on any atom is -0.365 e. The van der Waals surface area contributed by atoms with Crippen molar-refractivity contribution in [1.29, 1.82) is 0 Å². The lowest BCUT2D eigenvalue weighted by molar-refractivity contribution is -0.122. The Morgan fingerprint density at radius 2 is 1.86 bits per heavy atom. The smallest absolute Gasteiger partial charge is 0.251 e. The number of amides is 2. The first-order valence-electron chi connectivity index (χ1n) is 8.87. The summed E-state index contributed by atoms with van der Waals surface area (Å²) < 4.78 is -1.83. The number of halogens is 3. The zero-order valence-corrected chi connectivity index (χ0v) is 19.4. The molecule has 1 heterocycles. The molecule has 28 heavy (non-hydrogen) atoms. The Morgan fingerprint density at radius 3 is 2.43 bits per heavy atom. The number of hydrogen-bond donors (Lipinski definition) is 4. The summed E-state index contributed by atoms with van der Waals surface area (Å²) >= 11 is 24.7. The highest BCUT2D eigenvalue weighted by Gasteiger charge is 2.35. The molecular weight excluding hydrogens is 463 g/mol. The van der Waals surface area contributed by atoms with Crippen LogP contribution in [0.5, 0.6) is 0 Å². The van der Waals surface area contributed by atoms with Gasteiger partial charge in [-0.3, -0.25) is 9.59 Å². The van der Waals surface area contributed by atoms with Crippen molar-refractivity contribution in [3.63, 3.8) is 0 Å². The van der Waals surface area contributed by atoms with E-state index in [2.05, 4.69) is 16.0 Å². The van der Waals surface area contributed by atoms with Gasteiger partial charge < -0.3 is 21.7 Å². The number of primary amides is 1. The van der Waals surface area contributed by atoms with Crippen LogP contribution in [0.2, 0.25) is 0 Å². The molecule has 0 fully saturated rings. The standard InChI is InChI=1S/C17H23Cl3N4O2S2/c1-8(2)7-11(25)22-15(17(18,19)20)24-16(27)23-14-12(13(21)26)9-5-3-4-6-10(9)28-14/h8,15H,3-7H2,1-2H3,(H2,21,26)(H,22,25)(H2,23,24,27). The molecule has 2 rings (SSSR count). The van der Waals surface area contributed by atoms with Crippen LogP contribution in [-0.4, -0.2) is 26.9 Å². The van der Waals surface area contributed by atoms with Crippen molar-refractivity contribution in [2.24, 2.45) is 11.7 Å². The van der Waals surface area contributed by atoms with Crippen molar-refractivity contribution in [3.8, 4) is 0 Å². The summed E-state index contributed by atoms with van der Waals surface area (Å²) in [6.45, 7) is 3.82. The number of carbonyl (C=O) groups excluding carboxylic acids is 2. The number of thiocarbonyl (C=S) groups is 1. The third-order valence-electron chi connectivity index (χ3n) is 4.15. The van der Waals surface area contributed by atoms with Crippen LogP contribution < -0.4 is 21.7 Å². The fraction of sp³-hybridized carbons (Fsp3) is 0.588. The van der Waals surface area contributed by atoms with Gasteiger partial charge in [-0.25, -0.2) is 0 Å². The molecule has 2 amide bonds. The van der Waals surface area contributed by atoms with Crippen molar-refractivity contribution < 1.29 is 9.59 Å². The number of rotatable bonds is 6. The van der Waals surface area contributed by atoms with Crippen molar-refractivity contribution in [3.05, 3.63) is 16.0 Å². The number of aryl methyl sites for hydroxylation is 1. The van der Waals surface area contributed by atoms with Crippen molar-refractivity contribution in [2.45, 2.75) is 55.9 Å². The highest BCUT2D eigenvalue weighted by Crippen LogP contribution is 2.38. The summed E-state index contributed by atoms with van der Waals surface area (Å²) in [5.41, 5.74) is 7.03. The van der Waals surface area contributed by atoms with Gasteiger partial charge in [-0.2, -0.15) is 0 Å². The maximum absolute atomic E-state index is 12.1. The zero-order chi connectivity index (χ0) is 21.1. The molecular formula is C17H23Cl3N4O2S2. The molecule has 1 aliphatic carbocycles. The van der Waals surface area contributed by atoms with E-state index in [1.54, 1.807) is 0 Å². The van der Waals surface area contributed by atoms with Gasteiger partial charge in [0.05, 0.1) is 5.56 Å². The third-order valence-corrected chi connectivity index (χ3v) is 6.23. The van der Waals surface area contributed by atoms with Crippen LogP contribution in [0.4, 0.5) is 5.00 Å². The second-order valence-corrected chi connectivity index (χ2v) is 10.9. The lowest BCUT2D eigenvalue weighted by Gasteiger charge is -2.28. The molecule has 1 aromatic heterocycles. The van der Waals surface area contributed by atoms with Crippen molar-refractivity contribution in [2.75, 3.05) is 5.32 Å². The van der Waals surface area contributed by atoms with E-state index in [9.17, 15) is 9.59 Å². The maximum atomic E-state index is 12.1. The Bertz CT molecular complexity index is 762. The molecule has 0 bridgehead atoms. The summed E-state index contributed by atoms with van der Waals surface area (Å²) in [6.07, 6.45) is 3.05. The summed E-state index contributed by atoms with van der Waals surface area (Å²) in [4.78, 5) is 25.2. The number of alkyl halides is 3. The largest absolute Gasteiger partial charge is 0.365 e. The monoisotopic (exact) mass is 484 g/mol. The number of hydrogen-bond acceptors (Lipinski definition) is 4. The highest BCUT2D eigenvalue weighted by atomic mass is 35.6. The number of anilines is 1. The number of nitrogens with one attached hydrogen (secondary N) is 3. The Labute approximate surface area is 188 Å². The fourth-order valence-corrected chi connectivity index (χ4v) is 4.89. The van der Waals surface area contributed by atoms with E-state index >= 15 is 0 Å². The molecule has 11 heteroatoms. The molecule has 6 nitrogen and oxygen atoms in total. The first-order chi connectivity index (χ1) is 13.0. The summed E-state index contributed by atoms with van der Waals surface area (Å²) in [5, 5.41) is 9.09. The minimum atomic E-state index is -1.83. The summed E-state index contributed by atoms with van der Waals surface area (Å²) in [7, 11) is 0. The van der Waals surface area contributed by atoms with E-state index in [4.69, 9.17) is 52.8 Å². The van der Waals surface area contributed by atoms with Gasteiger partial charge in [0.15, 0.2) is 5.11 Å². The van der Waals surface area contributed by atoms with Crippen molar-refractivity contribution >= 4 is 80.3 Å². The molecule has 1 aromatic rings. The third kappa shape index (κ3) is 6.35. The zero-order valence-electron chi connectivity index (χ0n) is 15.5. The average molecular weight is 486 g/mol. The summed E-state index contributed by atoms with van der Waals surface area (Å²) in [5.74, 6) is -0.629. The van der Waals surface area contributed by atoms with Gasteiger partial charge >= 0.3 is 0 Å². The van der Waals surface area contributed by atoms with Crippen LogP contribution in [0.3, 0.4) is 0 Å². The predicted octanol–water partition coefficient (Wildman–Crippen LogP) is 3.87. The fourth-order valence-electron chi connectivity index (χ4n) is 2.98. The number of nitrogens with two attached hydrogens (primary N) is 1. The van der Waals surface area contributed by atoms with Crippen LogP contribution in [0.15, 0.2) is 0 Å². The SMILES string of the molecule is CC(C)CC(=O)NC(NC(=S)Nc1sc2c(c1C(N)=O)CCCC2)C(Cl)(Cl)Cl.